The van der Waals surface area contributed by atoms with Crippen molar-refractivity contribution in [1.29, 1.82) is 0 Å². The Bertz CT molecular complexity index is 1020. The first kappa shape index (κ1) is 22.1. The first-order valence-electron chi connectivity index (χ1n) is 8.56. The van der Waals surface area contributed by atoms with Crippen LogP contribution in [0, 0.1) is 0 Å². The summed E-state index contributed by atoms with van der Waals surface area (Å²) in [5.74, 6) is -2.53. The van der Waals surface area contributed by atoms with Crippen LogP contribution in [0.3, 0.4) is 0 Å². The third-order valence-corrected chi connectivity index (χ3v) is 3.81. The van der Waals surface area contributed by atoms with Crippen molar-refractivity contribution < 1.29 is 29.0 Å². The van der Waals surface area contributed by atoms with Crippen molar-refractivity contribution in [3.63, 3.8) is 0 Å². The summed E-state index contributed by atoms with van der Waals surface area (Å²) in [6.07, 6.45) is 0. The van der Waals surface area contributed by atoms with Gasteiger partial charge in [0, 0.05) is 11.4 Å². The SMILES string of the molecule is COC(=O)c1ccc(C(=O)OC)c(N=NC(C(=O)Nc2ccc(N)cc2)=C(C)O)c1. The normalized spacial score (nSPS) is 11.6. The van der Waals surface area contributed by atoms with Crippen molar-refractivity contribution in [2.45, 2.75) is 6.92 Å². The summed E-state index contributed by atoms with van der Waals surface area (Å²) in [6.45, 7) is 1.25. The molecule has 30 heavy (non-hydrogen) atoms. The van der Waals surface area contributed by atoms with E-state index in [2.05, 4.69) is 25.0 Å². The number of aliphatic hydroxyl groups excluding tert-OH is 1. The van der Waals surface area contributed by atoms with E-state index in [1.54, 1.807) is 24.3 Å². The first-order chi connectivity index (χ1) is 14.3. The number of amides is 1. The second-order valence-electron chi connectivity index (χ2n) is 5.93. The van der Waals surface area contributed by atoms with Crippen molar-refractivity contribution in [2.24, 2.45) is 10.2 Å². The summed E-state index contributed by atoms with van der Waals surface area (Å²) in [7, 11) is 2.38. The van der Waals surface area contributed by atoms with Gasteiger partial charge in [-0.1, -0.05) is 0 Å². The monoisotopic (exact) mass is 412 g/mol. The molecular formula is C20H20N4O6. The second-order valence-corrected chi connectivity index (χ2v) is 5.93. The van der Waals surface area contributed by atoms with E-state index >= 15 is 0 Å². The van der Waals surface area contributed by atoms with Crippen LogP contribution < -0.4 is 11.1 Å². The van der Waals surface area contributed by atoms with Gasteiger partial charge in [0.05, 0.1) is 25.3 Å². The molecule has 10 heteroatoms. The Labute approximate surface area is 172 Å². The molecule has 2 rings (SSSR count). The third-order valence-electron chi connectivity index (χ3n) is 3.81. The number of anilines is 2. The second kappa shape index (κ2) is 9.82. The summed E-state index contributed by atoms with van der Waals surface area (Å²) in [4.78, 5) is 36.2. The minimum Gasteiger partial charge on any atom is -0.510 e. The quantitative estimate of drug-likeness (QED) is 0.216. The molecule has 156 valence electrons. The number of rotatable bonds is 6. The number of hydrogen-bond acceptors (Lipinski definition) is 9. The van der Waals surface area contributed by atoms with Gasteiger partial charge >= 0.3 is 11.9 Å². The molecule has 0 aliphatic rings. The highest BCUT2D eigenvalue weighted by Crippen LogP contribution is 2.24. The average molecular weight is 412 g/mol. The predicted molar refractivity (Wildman–Crippen MR) is 108 cm³/mol. The number of carbonyl (C=O) groups is 3. The Hall–Kier alpha value is -4.21. The molecule has 2 aromatic carbocycles. The van der Waals surface area contributed by atoms with Gasteiger partial charge in [0.25, 0.3) is 5.91 Å². The van der Waals surface area contributed by atoms with Crippen molar-refractivity contribution in [3.05, 3.63) is 65.0 Å². The number of nitrogens with two attached hydrogens (primary N) is 1. The van der Waals surface area contributed by atoms with E-state index in [4.69, 9.17) is 5.73 Å². The molecule has 0 radical (unpaired) electrons. The van der Waals surface area contributed by atoms with Gasteiger partial charge in [-0.05, 0) is 49.4 Å². The summed E-state index contributed by atoms with van der Waals surface area (Å²) < 4.78 is 9.33. The lowest BCUT2D eigenvalue weighted by atomic mass is 10.1. The number of allylic oxidation sites excluding steroid dienone is 1. The summed E-state index contributed by atoms with van der Waals surface area (Å²) in [5.41, 5.74) is 6.20. The number of nitrogens with zero attached hydrogens (tertiary/aromatic N) is 2. The zero-order valence-corrected chi connectivity index (χ0v) is 16.5. The van der Waals surface area contributed by atoms with Gasteiger partial charge < -0.3 is 25.6 Å². The van der Waals surface area contributed by atoms with Gasteiger partial charge in [0.1, 0.15) is 11.4 Å². The number of ether oxygens (including phenoxy) is 2. The summed E-state index contributed by atoms with van der Waals surface area (Å²) >= 11 is 0. The fourth-order valence-electron chi connectivity index (χ4n) is 2.28. The van der Waals surface area contributed by atoms with Gasteiger partial charge in [-0.25, -0.2) is 9.59 Å². The Kier molecular flexibility index (Phi) is 7.23. The maximum Gasteiger partial charge on any atom is 0.340 e. The number of carbonyl (C=O) groups excluding carboxylic acids is 3. The van der Waals surface area contributed by atoms with Crippen LogP contribution in [0.25, 0.3) is 0 Å². The van der Waals surface area contributed by atoms with Crippen LogP contribution in [0.1, 0.15) is 27.6 Å². The highest BCUT2D eigenvalue weighted by atomic mass is 16.5. The topological polar surface area (TPSA) is 153 Å². The maximum absolute atomic E-state index is 12.5. The van der Waals surface area contributed by atoms with E-state index in [1.165, 1.54) is 39.3 Å². The van der Waals surface area contributed by atoms with E-state index in [1.807, 2.05) is 0 Å². The molecule has 1 amide bonds. The van der Waals surface area contributed by atoms with Gasteiger partial charge in [0.15, 0.2) is 5.70 Å². The number of aliphatic hydroxyl groups is 1. The number of benzene rings is 2. The Morgan fingerprint density at radius 2 is 1.63 bits per heavy atom. The average Bonchev–Trinajstić information content (AvgIpc) is 2.74. The van der Waals surface area contributed by atoms with Gasteiger partial charge in [-0.3, -0.25) is 4.79 Å². The molecule has 0 aromatic heterocycles. The molecule has 0 saturated heterocycles. The van der Waals surface area contributed by atoms with Gasteiger partial charge in [-0.15, -0.1) is 10.2 Å². The summed E-state index contributed by atoms with van der Waals surface area (Å²) in [5, 5.41) is 20.0. The Balaban J connectivity index is 2.38. The maximum atomic E-state index is 12.5. The van der Waals surface area contributed by atoms with Crippen LogP contribution in [-0.2, 0) is 14.3 Å². The van der Waals surface area contributed by atoms with E-state index < -0.39 is 29.3 Å². The number of methoxy groups -OCH3 is 2. The number of nitrogen functional groups attached to an aromatic ring is 1. The lowest BCUT2D eigenvalue weighted by Crippen LogP contribution is -2.14. The highest BCUT2D eigenvalue weighted by Gasteiger charge is 2.17. The van der Waals surface area contributed by atoms with Crippen LogP contribution in [-0.4, -0.2) is 37.2 Å². The largest absolute Gasteiger partial charge is 0.510 e. The minimum absolute atomic E-state index is 0.00258. The molecular weight excluding hydrogens is 392 g/mol. The molecule has 4 N–H and O–H groups in total. The zero-order chi connectivity index (χ0) is 22.3. The molecule has 0 spiro atoms. The fourth-order valence-corrected chi connectivity index (χ4v) is 2.28. The molecule has 0 bridgehead atoms. The zero-order valence-electron chi connectivity index (χ0n) is 16.5. The Morgan fingerprint density at radius 3 is 2.20 bits per heavy atom. The Morgan fingerprint density at radius 1 is 1.00 bits per heavy atom. The van der Waals surface area contributed by atoms with Crippen LogP contribution in [0.5, 0.6) is 0 Å². The first-order valence-corrected chi connectivity index (χ1v) is 8.56. The van der Waals surface area contributed by atoms with Crippen LogP contribution >= 0.6 is 0 Å². The molecule has 0 unspecified atom stereocenters. The van der Waals surface area contributed by atoms with Crippen molar-refractivity contribution in [1.82, 2.24) is 0 Å². The molecule has 0 atom stereocenters. The lowest BCUT2D eigenvalue weighted by Gasteiger charge is -2.07. The summed E-state index contributed by atoms with van der Waals surface area (Å²) in [6, 6.07) is 10.3. The molecule has 0 aliphatic carbocycles. The number of nitrogens with one attached hydrogen (secondary N) is 1. The molecule has 0 aliphatic heterocycles. The fraction of sp³-hybridized carbons (Fsp3) is 0.150. The van der Waals surface area contributed by atoms with E-state index in [-0.39, 0.29) is 16.8 Å². The van der Waals surface area contributed by atoms with E-state index in [0.29, 0.717) is 11.4 Å². The molecule has 0 heterocycles. The van der Waals surface area contributed by atoms with E-state index in [0.717, 1.165) is 0 Å². The van der Waals surface area contributed by atoms with Gasteiger partial charge in [0.2, 0.25) is 0 Å². The lowest BCUT2D eigenvalue weighted by molar-refractivity contribution is -0.113. The van der Waals surface area contributed by atoms with Crippen LogP contribution in [0.2, 0.25) is 0 Å². The number of hydrogen-bond donors (Lipinski definition) is 3. The highest BCUT2D eigenvalue weighted by molar-refractivity contribution is 6.04. The van der Waals surface area contributed by atoms with Crippen molar-refractivity contribution >= 4 is 34.9 Å². The molecule has 2 aromatic rings. The van der Waals surface area contributed by atoms with Crippen LogP contribution in [0.4, 0.5) is 17.1 Å². The predicted octanol–water partition coefficient (Wildman–Crippen LogP) is 3.35. The standard InChI is InChI=1S/C20H20N4O6/c1-11(25)17(18(26)22-14-7-5-13(21)6-8-14)24-23-16-10-12(19(27)29-2)4-9-15(16)20(28)30-3/h4-10,25H,21H2,1-3H3,(H,22,26). The smallest absolute Gasteiger partial charge is 0.340 e. The van der Waals surface area contributed by atoms with Crippen molar-refractivity contribution in [3.8, 4) is 0 Å². The number of esters is 2. The van der Waals surface area contributed by atoms with Gasteiger partial charge in [-0.2, -0.15) is 0 Å². The number of azo groups is 1. The molecule has 0 fully saturated rings. The van der Waals surface area contributed by atoms with E-state index in [9.17, 15) is 19.5 Å². The van der Waals surface area contributed by atoms with Crippen molar-refractivity contribution in [2.75, 3.05) is 25.3 Å². The molecule has 10 nitrogen and oxygen atoms in total. The third kappa shape index (κ3) is 5.41. The molecule has 0 saturated carbocycles. The van der Waals surface area contributed by atoms with Crippen LogP contribution in [0.15, 0.2) is 64.1 Å². The minimum atomic E-state index is -0.743.